The normalized spacial score (nSPS) is 19.0. The molecule has 152 valence electrons. The fourth-order valence-corrected chi connectivity index (χ4v) is 4.11. The van der Waals surface area contributed by atoms with Gasteiger partial charge >= 0.3 is 0 Å². The zero-order valence-electron chi connectivity index (χ0n) is 16.7. The van der Waals surface area contributed by atoms with Gasteiger partial charge in [0.25, 0.3) is 0 Å². The summed E-state index contributed by atoms with van der Waals surface area (Å²) in [7, 11) is 0. The summed E-state index contributed by atoms with van der Waals surface area (Å²) < 4.78 is 19.3. The Morgan fingerprint density at radius 1 is 1.21 bits per heavy atom. The molecule has 2 aliphatic heterocycles. The second-order valence-electron chi connectivity index (χ2n) is 7.56. The molecular formula is C23H26FN3O2. The molecule has 0 saturated carbocycles. The fourth-order valence-electron chi connectivity index (χ4n) is 4.11. The molecule has 2 aromatic rings. The molecule has 1 atom stereocenters. The first-order chi connectivity index (χ1) is 14.1. The molecule has 5 nitrogen and oxygen atoms in total. The second-order valence-corrected chi connectivity index (χ2v) is 7.56. The molecule has 1 aromatic heterocycles. The van der Waals surface area contributed by atoms with Crippen LogP contribution in [0.2, 0.25) is 0 Å². The van der Waals surface area contributed by atoms with Crippen molar-refractivity contribution in [1.82, 2.24) is 14.8 Å². The number of nitrogens with zero attached hydrogens (tertiary/aromatic N) is 3. The molecule has 0 aliphatic carbocycles. The number of pyridine rings is 1. The van der Waals surface area contributed by atoms with Crippen LogP contribution in [0.15, 0.2) is 48.8 Å². The summed E-state index contributed by atoms with van der Waals surface area (Å²) in [5.41, 5.74) is 4.27. The third-order valence-corrected chi connectivity index (χ3v) is 5.71. The van der Waals surface area contributed by atoms with Gasteiger partial charge in [0.15, 0.2) is 0 Å². The van der Waals surface area contributed by atoms with E-state index < -0.39 is 6.04 Å². The molecular weight excluding hydrogens is 369 g/mol. The van der Waals surface area contributed by atoms with Gasteiger partial charge in [0.2, 0.25) is 5.91 Å². The monoisotopic (exact) mass is 395 g/mol. The van der Waals surface area contributed by atoms with Crippen LogP contribution in [0.4, 0.5) is 4.39 Å². The predicted molar refractivity (Wildman–Crippen MR) is 110 cm³/mol. The highest BCUT2D eigenvalue weighted by Crippen LogP contribution is 2.29. The maximum atomic E-state index is 13.9. The van der Waals surface area contributed by atoms with Gasteiger partial charge in [-0.15, -0.1) is 0 Å². The highest BCUT2D eigenvalue weighted by Gasteiger charge is 2.33. The summed E-state index contributed by atoms with van der Waals surface area (Å²) in [6, 6.07) is 7.92. The molecule has 0 bridgehead atoms. The number of amides is 1. The summed E-state index contributed by atoms with van der Waals surface area (Å²) in [6.07, 6.45) is 6.59. The van der Waals surface area contributed by atoms with Crippen LogP contribution in [0, 0.1) is 12.7 Å². The van der Waals surface area contributed by atoms with E-state index in [1.54, 1.807) is 12.3 Å². The molecule has 0 radical (unpaired) electrons. The summed E-state index contributed by atoms with van der Waals surface area (Å²) in [4.78, 5) is 21.7. The van der Waals surface area contributed by atoms with Crippen molar-refractivity contribution >= 4 is 11.5 Å². The molecule has 0 unspecified atom stereocenters. The number of morpholine rings is 1. The van der Waals surface area contributed by atoms with E-state index in [2.05, 4.69) is 22.9 Å². The van der Waals surface area contributed by atoms with E-state index in [1.807, 2.05) is 23.2 Å². The van der Waals surface area contributed by atoms with E-state index in [9.17, 15) is 9.18 Å². The number of carbonyl (C=O) groups excluding carboxylic acids is 1. The van der Waals surface area contributed by atoms with E-state index >= 15 is 0 Å². The highest BCUT2D eigenvalue weighted by atomic mass is 19.1. The lowest BCUT2D eigenvalue weighted by molar-refractivity contribution is -0.138. The van der Waals surface area contributed by atoms with E-state index in [0.717, 1.165) is 12.0 Å². The maximum absolute atomic E-state index is 13.9. The molecule has 6 heteroatoms. The number of benzene rings is 1. The van der Waals surface area contributed by atoms with Crippen LogP contribution in [0.5, 0.6) is 0 Å². The van der Waals surface area contributed by atoms with E-state index in [1.165, 1.54) is 23.3 Å². The minimum atomic E-state index is -0.482. The fraction of sp³-hybridized carbons (Fsp3) is 0.391. The van der Waals surface area contributed by atoms with Gasteiger partial charge in [0.05, 0.1) is 13.2 Å². The smallest absolute Gasteiger partial charge is 0.244 e. The summed E-state index contributed by atoms with van der Waals surface area (Å²) in [5, 5.41) is 0. The molecule has 2 aliphatic rings. The number of aromatic nitrogens is 1. The largest absolute Gasteiger partial charge is 0.379 e. The van der Waals surface area contributed by atoms with Crippen molar-refractivity contribution in [2.75, 3.05) is 39.4 Å². The topological polar surface area (TPSA) is 45.7 Å². The predicted octanol–water partition coefficient (Wildman–Crippen LogP) is 3.22. The molecule has 1 fully saturated rings. The van der Waals surface area contributed by atoms with Crippen LogP contribution >= 0.6 is 0 Å². The van der Waals surface area contributed by atoms with Crippen molar-refractivity contribution in [2.45, 2.75) is 19.4 Å². The van der Waals surface area contributed by atoms with Crippen LogP contribution < -0.4 is 0 Å². The van der Waals surface area contributed by atoms with Gasteiger partial charge in [-0.1, -0.05) is 18.2 Å². The van der Waals surface area contributed by atoms with Gasteiger partial charge < -0.3 is 9.64 Å². The Kier molecular flexibility index (Phi) is 6.02. The molecule has 4 rings (SSSR count). The standard InChI is InChI=1S/C23H26FN3O2/c1-17-5-8-25-16-21(17)18-6-9-27(10-7-18)23(28)22(26-11-13-29-14-12-26)19-3-2-4-20(24)15-19/h2-6,8,15-16,22H,7,9-14H2,1H3/t22-/m1/s1. The number of hydrogen-bond acceptors (Lipinski definition) is 4. The first-order valence-corrected chi connectivity index (χ1v) is 10.1. The van der Waals surface area contributed by atoms with Gasteiger partial charge in [-0.2, -0.15) is 0 Å². The highest BCUT2D eigenvalue weighted by molar-refractivity contribution is 5.84. The first kappa shape index (κ1) is 19.7. The third-order valence-electron chi connectivity index (χ3n) is 5.71. The van der Waals surface area contributed by atoms with Gasteiger partial charge in [-0.05, 0) is 53.8 Å². The minimum Gasteiger partial charge on any atom is -0.379 e. The summed E-state index contributed by atoms with van der Waals surface area (Å²) >= 11 is 0. The molecule has 0 spiro atoms. The Morgan fingerprint density at radius 2 is 2.03 bits per heavy atom. The van der Waals surface area contributed by atoms with Crippen LogP contribution in [-0.2, 0) is 9.53 Å². The van der Waals surface area contributed by atoms with E-state index in [4.69, 9.17) is 4.74 Å². The van der Waals surface area contributed by atoms with Crippen molar-refractivity contribution in [3.8, 4) is 0 Å². The average molecular weight is 395 g/mol. The van der Waals surface area contributed by atoms with Crippen LogP contribution in [0.3, 0.4) is 0 Å². The lowest BCUT2D eigenvalue weighted by atomic mass is 9.96. The van der Waals surface area contributed by atoms with Gasteiger partial charge in [-0.3, -0.25) is 14.7 Å². The Labute approximate surface area is 170 Å². The van der Waals surface area contributed by atoms with Crippen molar-refractivity contribution in [3.63, 3.8) is 0 Å². The molecule has 0 N–H and O–H groups in total. The van der Waals surface area contributed by atoms with Crippen LogP contribution in [0.25, 0.3) is 5.57 Å². The lowest BCUT2D eigenvalue weighted by Crippen LogP contribution is -2.48. The Balaban J connectivity index is 1.56. The number of rotatable bonds is 4. The van der Waals surface area contributed by atoms with E-state index in [0.29, 0.717) is 45.0 Å². The van der Waals surface area contributed by atoms with Crippen molar-refractivity contribution < 1.29 is 13.9 Å². The van der Waals surface area contributed by atoms with Crippen molar-refractivity contribution in [1.29, 1.82) is 0 Å². The number of halogens is 1. The number of carbonyl (C=O) groups is 1. The zero-order chi connectivity index (χ0) is 20.2. The lowest BCUT2D eigenvalue weighted by Gasteiger charge is -2.37. The molecule has 1 amide bonds. The van der Waals surface area contributed by atoms with Gasteiger partial charge in [-0.25, -0.2) is 4.39 Å². The van der Waals surface area contributed by atoms with Crippen LogP contribution in [0.1, 0.15) is 29.2 Å². The molecule has 29 heavy (non-hydrogen) atoms. The van der Waals surface area contributed by atoms with Crippen molar-refractivity contribution in [3.05, 3.63) is 71.3 Å². The van der Waals surface area contributed by atoms with Gasteiger partial charge in [0, 0.05) is 38.6 Å². The Bertz CT molecular complexity index is 909. The minimum absolute atomic E-state index is 0.0238. The van der Waals surface area contributed by atoms with Gasteiger partial charge in [0.1, 0.15) is 11.9 Å². The molecule has 3 heterocycles. The zero-order valence-corrected chi connectivity index (χ0v) is 16.7. The molecule has 1 saturated heterocycles. The van der Waals surface area contributed by atoms with Crippen LogP contribution in [-0.4, -0.2) is 60.1 Å². The number of hydrogen-bond donors (Lipinski definition) is 0. The number of aryl methyl sites for hydroxylation is 1. The summed E-state index contributed by atoms with van der Waals surface area (Å²) in [5.74, 6) is -0.294. The van der Waals surface area contributed by atoms with E-state index in [-0.39, 0.29) is 11.7 Å². The molecule has 1 aromatic carbocycles. The SMILES string of the molecule is Cc1ccncc1C1=CCN(C(=O)[C@@H](c2cccc(F)c2)N2CCOCC2)CC1. The quantitative estimate of drug-likeness (QED) is 0.798. The van der Waals surface area contributed by atoms with Crippen molar-refractivity contribution in [2.24, 2.45) is 0 Å². The first-order valence-electron chi connectivity index (χ1n) is 10.1. The third kappa shape index (κ3) is 4.38. The average Bonchev–Trinajstić information content (AvgIpc) is 2.75. The Morgan fingerprint density at radius 3 is 2.72 bits per heavy atom. The maximum Gasteiger partial charge on any atom is 0.244 e. The summed E-state index contributed by atoms with van der Waals surface area (Å²) in [6.45, 7) is 5.78. The second kappa shape index (κ2) is 8.84. The number of ether oxygens (including phenoxy) is 1. The Hall–Kier alpha value is -2.57.